The standard InChI is InChI=1S/C14H21N3O3/c1-10-8-11(16-12(15-10)13(19)20-2)17-14(9-18)6-4-3-5-7-14/h8,18H,3-7,9H2,1-2H3,(H,15,16,17). The maximum atomic E-state index is 11.5. The lowest BCUT2D eigenvalue weighted by Gasteiger charge is -2.37. The molecular weight excluding hydrogens is 258 g/mol. The number of hydrogen-bond acceptors (Lipinski definition) is 6. The fourth-order valence-corrected chi connectivity index (χ4v) is 2.64. The number of nitrogens with zero attached hydrogens (tertiary/aromatic N) is 2. The zero-order chi connectivity index (χ0) is 14.6. The van der Waals surface area contributed by atoms with Crippen molar-refractivity contribution in [2.75, 3.05) is 19.0 Å². The molecule has 0 atom stereocenters. The zero-order valence-electron chi connectivity index (χ0n) is 12.0. The maximum Gasteiger partial charge on any atom is 0.376 e. The number of aryl methyl sites for hydroxylation is 1. The summed E-state index contributed by atoms with van der Waals surface area (Å²) in [6, 6.07) is 1.78. The van der Waals surface area contributed by atoms with Gasteiger partial charge in [-0.3, -0.25) is 0 Å². The van der Waals surface area contributed by atoms with Crippen LogP contribution in [0.1, 0.15) is 48.4 Å². The Labute approximate surface area is 118 Å². The minimum absolute atomic E-state index is 0.0406. The van der Waals surface area contributed by atoms with Gasteiger partial charge in [-0.2, -0.15) is 0 Å². The van der Waals surface area contributed by atoms with Crippen molar-refractivity contribution in [2.24, 2.45) is 0 Å². The third kappa shape index (κ3) is 3.25. The molecule has 2 rings (SSSR count). The van der Waals surface area contributed by atoms with Crippen LogP contribution in [0.2, 0.25) is 0 Å². The first-order valence-corrected chi connectivity index (χ1v) is 6.92. The minimum atomic E-state index is -0.557. The number of ether oxygens (including phenoxy) is 1. The molecule has 0 unspecified atom stereocenters. The predicted molar refractivity (Wildman–Crippen MR) is 74.6 cm³/mol. The Hall–Kier alpha value is -1.69. The van der Waals surface area contributed by atoms with Gasteiger partial charge >= 0.3 is 5.97 Å². The first kappa shape index (κ1) is 14.7. The predicted octanol–water partition coefficient (Wildman–Crippen LogP) is 1.68. The Balaban J connectivity index is 2.23. The van der Waals surface area contributed by atoms with Crippen LogP contribution in [-0.2, 0) is 4.74 Å². The number of aliphatic hydroxyl groups excluding tert-OH is 1. The SMILES string of the molecule is COC(=O)c1nc(C)cc(NC2(CO)CCCCC2)n1. The highest BCUT2D eigenvalue weighted by molar-refractivity contribution is 5.85. The van der Waals surface area contributed by atoms with E-state index in [0.717, 1.165) is 25.7 Å². The van der Waals surface area contributed by atoms with E-state index in [-0.39, 0.29) is 18.0 Å². The summed E-state index contributed by atoms with van der Waals surface area (Å²) in [7, 11) is 1.30. The van der Waals surface area contributed by atoms with Gasteiger partial charge in [0.05, 0.1) is 19.3 Å². The molecule has 1 aliphatic carbocycles. The Kier molecular flexibility index (Phi) is 4.54. The highest BCUT2D eigenvalue weighted by Gasteiger charge is 2.31. The molecule has 1 aromatic rings. The third-order valence-electron chi connectivity index (χ3n) is 3.73. The summed E-state index contributed by atoms with van der Waals surface area (Å²) in [5.74, 6) is 0.0474. The van der Waals surface area contributed by atoms with E-state index in [0.29, 0.717) is 11.5 Å². The third-order valence-corrected chi connectivity index (χ3v) is 3.73. The molecule has 0 bridgehead atoms. The Morgan fingerprint density at radius 1 is 1.40 bits per heavy atom. The van der Waals surface area contributed by atoms with E-state index in [1.54, 1.807) is 13.0 Å². The van der Waals surface area contributed by atoms with Gasteiger partial charge in [-0.25, -0.2) is 14.8 Å². The van der Waals surface area contributed by atoms with Crippen molar-refractivity contribution in [1.82, 2.24) is 9.97 Å². The van der Waals surface area contributed by atoms with Crippen LogP contribution in [-0.4, -0.2) is 40.3 Å². The first-order valence-electron chi connectivity index (χ1n) is 6.92. The molecule has 1 aromatic heterocycles. The van der Waals surface area contributed by atoms with Gasteiger partial charge in [0.25, 0.3) is 0 Å². The van der Waals surface area contributed by atoms with Crippen molar-refractivity contribution in [1.29, 1.82) is 0 Å². The molecule has 0 amide bonds. The molecule has 0 spiro atoms. The van der Waals surface area contributed by atoms with E-state index >= 15 is 0 Å². The second-order valence-electron chi connectivity index (χ2n) is 5.33. The molecular formula is C14H21N3O3. The van der Waals surface area contributed by atoms with E-state index in [1.165, 1.54) is 13.5 Å². The van der Waals surface area contributed by atoms with Gasteiger partial charge in [0.15, 0.2) is 0 Å². The number of nitrogens with one attached hydrogen (secondary N) is 1. The van der Waals surface area contributed by atoms with Crippen LogP contribution in [0, 0.1) is 6.92 Å². The number of hydrogen-bond donors (Lipinski definition) is 2. The van der Waals surface area contributed by atoms with Gasteiger partial charge < -0.3 is 15.2 Å². The van der Waals surface area contributed by atoms with E-state index in [9.17, 15) is 9.90 Å². The Morgan fingerprint density at radius 3 is 2.70 bits per heavy atom. The van der Waals surface area contributed by atoms with Crippen molar-refractivity contribution in [3.05, 3.63) is 17.6 Å². The largest absolute Gasteiger partial charge is 0.463 e. The van der Waals surface area contributed by atoms with E-state index < -0.39 is 5.97 Å². The summed E-state index contributed by atoms with van der Waals surface area (Å²) in [4.78, 5) is 19.8. The van der Waals surface area contributed by atoms with Gasteiger partial charge in [0.1, 0.15) is 5.82 Å². The molecule has 1 aliphatic rings. The van der Waals surface area contributed by atoms with Crippen molar-refractivity contribution in [3.8, 4) is 0 Å². The molecule has 110 valence electrons. The van der Waals surface area contributed by atoms with Crippen molar-refractivity contribution in [3.63, 3.8) is 0 Å². The van der Waals surface area contributed by atoms with Crippen LogP contribution < -0.4 is 5.32 Å². The molecule has 2 N–H and O–H groups in total. The topological polar surface area (TPSA) is 84.3 Å². The number of anilines is 1. The fraction of sp³-hybridized carbons (Fsp3) is 0.643. The maximum absolute atomic E-state index is 11.5. The van der Waals surface area contributed by atoms with Crippen LogP contribution in [0.4, 0.5) is 5.82 Å². The highest BCUT2D eigenvalue weighted by Crippen LogP contribution is 2.31. The van der Waals surface area contributed by atoms with E-state index in [4.69, 9.17) is 0 Å². The van der Waals surface area contributed by atoms with Crippen LogP contribution in [0.15, 0.2) is 6.07 Å². The fourth-order valence-electron chi connectivity index (χ4n) is 2.64. The number of aromatic nitrogens is 2. The van der Waals surface area contributed by atoms with Gasteiger partial charge in [-0.05, 0) is 19.8 Å². The molecule has 0 aromatic carbocycles. The number of methoxy groups -OCH3 is 1. The molecule has 0 radical (unpaired) electrons. The summed E-state index contributed by atoms with van der Waals surface area (Å²) in [6.07, 6.45) is 5.17. The molecule has 0 aliphatic heterocycles. The lowest BCUT2D eigenvalue weighted by atomic mass is 9.82. The second-order valence-corrected chi connectivity index (χ2v) is 5.33. The minimum Gasteiger partial charge on any atom is -0.463 e. The number of carbonyl (C=O) groups is 1. The second kappa shape index (κ2) is 6.17. The average molecular weight is 279 g/mol. The number of esters is 1. The number of aliphatic hydroxyl groups is 1. The lowest BCUT2D eigenvalue weighted by Crippen LogP contribution is -2.44. The normalized spacial score (nSPS) is 17.6. The average Bonchev–Trinajstić information content (AvgIpc) is 2.46. The molecule has 6 heteroatoms. The first-order chi connectivity index (χ1) is 9.58. The molecule has 6 nitrogen and oxygen atoms in total. The van der Waals surface area contributed by atoms with Crippen LogP contribution in [0.25, 0.3) is 0 Å². The zero-order valence-corrected chi connectivity index (χ0v) is 12.0. The van der Waals surface area contributed by atoms with Gasteiger partial charge in [0, 0.05) is 11.8 Å². The monoisotopic (exact) mass is 279 g/mol. The van der Waals surface area contributed by atoms with Gasteiger partial charge in [0.2, 0.25) is 5.82 Å². The summed E-state index contributed by atoms with van der Waals surface area (Å²) in [6.45, 7) is 1.86. The summed E-state index contributed by atoms with van der Waals surface area (Å²) in [5, 5.41) is 13.0. The Bertz CT molecular complexity index is 485. The molecule has 1 fully saturated rings. The van der Waals surface area contributed by atoms with Gasteiger partial charge in [-0.15, -0.1) is 0 Å². The summed E-state index contributed by atoms with van der Waals surface area (Å²) in [5.41, 5.74) is 0.346. The number of carbonyl (C=O) groups excluding carboxylic acids is 1. The van der Waals surface area contributed by atoms with Gasteiger partial charge in [-0.1, -0.05) is 19.3 Å². The smallest absolute Gasteiger partial charge is 0.376 e. The molecule has 1 heterocycles. The molecule has 1 saturated carbocycles. The summed E-state index contributed by atoms with van der Waals surface area (Å²) >= 11 is 0. The van der Waals surface area contributed by atoms with Crippen molar-refractivity contribution < 1.29 is 14.6 Å². The summed E-state index contributed by atoms with van der Waals surface area (Å²) < 4.78 is 4.65. The van der Waals surface area contributed by atoms with Crippen LogP contribution in [0.3, 0.4) is 0 Å². The highest BCUT2D eigenvalue weighted by atomic mass is 16.5. The molecule has 0 saturated heterocycles. The molecule has 20 heavy (non-hydrogen) atoms. The number of rotatable bonds is 4. The van der Waals surface area contributed by atoms with Crippen molar-refractivity contribution in [2.45, 2.75) is 44.6 Å². The quantitative estimate of drug-likeness (QED) is 0.816. The van der Waals surface area contributed by atoms with Crippen LogP contribution >= 0.6 is 0 Å². The van der Waals surface area contributed by atoms with Crippen molar-refractivity contribution >= 4 is 11.8 Å². The van der Waals surface area contributed by atoms with E-state index in [1.807, 2.05) is 0 Å². The lowest BCUT2D eigenvalue weighted by molar-refractivity contribution is 0.0586. The Morgan fingerprint density at radius 2 is 2.10 bits per heavy atom. The van der Waals surface area contributed by atoms with E-state index in [2.05, 4.69) is 20.0 Å². The van der Waals surface area contributed by atoms with Crippen LogP contribution in [0.5, 0.6) is 0 Å².